The number of fused-ring (bicyclic) bond motifs is 1. The number of hydrogen-bond acceptors (Lipinski definition) is 5. The molecule has 3 atom stereocenters. The summed E-state index contributed by atoms with van der Waals surface area (Å²) in [4.78, 5) is 2.79. The SMILES string of the molecule is C[C@H]1[C@H](C2C=CC(OCCCN3CCCC3)=CC2)Oc2ccccc2S1(=O)=O. The molecule has 1 aromatic rings. The van der Waals surface area contributed by atoms with Crippen LogP contribution in [-0.4, -0.2) is 50.9 Å². The molecule has 2 heterocycles. The molecule has 0 amide bonds. The lowest BCUT2D eigenvalue weighted by molar-refractivity contribution is 0.139. The van der Waals surface area contributed by atoms with Crippen LogP contribution in [0.3, 0.4) is 0 Å². The summed E-state index contributed by atoms with van der Waals surface area (Å²) in [7, 11) is -3.37. The molecule has 0 bridgehead atoms. The molecule has 1 aliphatic carbocycles. The van der Waals surface area contributed by atoms with E-state index in [4.69, 9.17) is 9.47 Å². The van der Waals surface area contributed by atoms with Gasteiger partial charge in [0.1, 0.15) is 27.8 Å². The zero-order valence-electron chi connectivity index (χ0n) is 16.4. The van der Waals surface area contributed by atoms with Gasteiger partial charge in [-0.05, 0) is 70.0 Å². The van der Waals surface area contributed by atoms with Crippen LogP contribution < -0.4 is 4.74 Å². The molecule has 0 saturated carbocycles. The van der Waals surface area contributed by atoms with E-state index >= 15 is 0 Å². The molecular weight excluding hydrogens is 374 g/mol. The topological polar surface area (TPSA) is 55.8 Å². The molecule has 5 nitrogen and oxygen atoms in total. The highest BCUT2D eigenvalue weighted by Crippen LogP contribution is 2.38. The maximum absolute atomic E-state index is 12.9. The van der Waals surface area contributed by atoms with Gasteiger partial charge in [0.25, 0.3) is 0 Å². The quantitative estimate of drug-likeness (QED) is 0.680. The van der Waals surface area contributed by atoms with Gasteiger partial charge in [0.2, 0.25) is 0 Å². The normalized spacial score (nSPS) is 29.0. The summed E-state index contributed by atoms with van der Waals surface area (Å²) >= 11 is 0. The fourth-order valence-corrected chi connectivity index (χ4v) is 5.97. The molecule has 28 heavy (non-hydrogen) atoms. The van der Waals surface area contributed by atoms with E-state index in [0.29, 0.717) is 10.6 Å². The fourth-order valence-electron chi connectivity index (χ4n) is 4.29. The summed E-state index contributed by atoms with van der Waals surface area (Å²) in [6.45, 7) is 6.00. The lowest BCUT2D eigenvalue weighted by Crippen LogP contribution is -2.44. The molecule has 1 saturated heterocycles. The van der Waals surface area contributed by atoms with Crippen molar-refractivity contribution in [2.24, 2.45) is 5.92 Å². The number of nitrogens with zero attached hydrogens (tertiary/aromatic N) is 1. The average Bonchev–Trinajstić information content (AvgIpc) is 3.22. The summed E-state index contributed by atoms with van der Waals surface area (Å²) in [6, 6.07) is 6.92. The van der Waals surface area contributed by atoms with Crippen LogP contribution in [0.2, 0.25) is 0 Å². The van der Waals surface area contributed by atoms with E-state index in [-0.39, 0.29) is 12.0 Å². The Hall–Kier alpha value is -1.79. The summed E-state index contributed by atoms with van der Waals surface area (Å²) in [5, 5.41) is -0.576. The molecule has 2 aliphatic heterocycles. The van der Waals surface area contributed by atoms with Crippen molar-refractivity contribution in [1.82, 2.24) is 4.90 Å². The maximum atomic E-state index is 12.9. The first-order valence-electron chi connectivity index (χ1n) is 10.3. The fraction of sp³-hybridized carbons (Fsp3) is 0.545. The Morgan fingerprint density at radius 1 is 1.21 bits per heavy atom. The van der Waals surface area contributed by atoms with Crippen LogP contribution in [0.15, 0.2) is 53.1 Å². The minimum Gasteiger partial charge on any atom is -0.494 e. The van der Waals surface area contributed by atoms with E-state index < -0.39 is 15.1 Å². The van der Waals surface area contributed by atoms with Crippen LogP contribution in [0.25, 0.3) is 0 Å². The van der Waals surface area contributed by atoms with Crippen LogP contribution in [0, 0.1) is 5.92 Å². The first-order valence-corrected chi connectivity index (χ1v) is 11.8. The van der Waals surface area contributed by atoms with Crippen LogP contribution in [-0.2, 0) is 14.6 Å². The van der Waals surface area contributed by atoms with Gasteiger partial charge in [0.15, 0.2) is 9.84 Å². The molecule has 0 spiro atoms. The second-order valence-corrected chi connectivity index (χ2v) is 10.2. The Balaban J connectivity index is 1.33. The predicted octanol–water partition coefficient (Wildman–Crippen LogP) is 3.57. The summed E-state index contributed by atoms with van der Waals surface area (Å²) < 4.78 is 37.7. The number of rotatable bonds is 6. The van der Waals surface area contributed by atoms with Gasteiger partial charge in [-0.15, -0.1) is 0 Å². The Bertz CT molecular complexity index is 855. The second-order valence-electron chi connectivity index (χ2n) is 7.90. The summed E-state index contributed by atoms with van der Waals surface area (Å²) in [5.41, 5.74) is 0. The molecule has 0 aromatic heterocycles. The Morgan fingerprint density at radius 2 is 2.00 bits per heavy atom. The van der Waals surface area contributed by atoms with Crippen LogP contribution in [0.4, 0.5) is 0 Å². The monoisotopic (exact) mass is 403 g/mol. The molecule has 4 rings (SSSR count). The van der Waals surface area contributed by atoms with Gasteiger partial charge >= 0.3 is 0 Å². The molecule has 3 aliphatic rings. The van der Waals surface area contributed by atoms with Crippen LogP contribution in [0.5, 0.6) is 5.75 Å². The third kappa shape index (κ3) is 3.98. The van der Waals surface area contributed by atoms with Gasteiger partial charge in [0, 0.05) is 12.5 Å². The molecule has 1 fully saturated rings. The predicted molar refractivity (Wildman–Crippen MR) is 109 cm³/mol. The van der Waals surface area contributed by atoms with Crippen molar-refractivity contribution in [2.45, 2.75) is 48.9 Å². The molecule has 6 heteroatoms. The van der Waals surface area contributed by atoms with Gasteiger partial charge in [-0.3, -0.25) is 0 Å². The minimum atomic E-state index is -3.37. The summed E-state index contributed by atoms with van der Waals surface area (Å²) in [6.07, 6.45) is 10.1. The molecule has 0 radical (unpaired) electrons. The van der Waals surface area contributed by atoms with Crippen molar-refractivity contribution in [3.05, 3.63) is 48.3 Å². The van der Waals surface area contributed by atoms with Gasteiger partial charge < -0.3 is 14.4 Å². The zero-order valence-corrected chi connectivity index (χ0v) is 17.2. The molecule has 1 aromatic carbocycles. The Labute approximate surface area is 167 Å². The van der Waals surface area contributed by atoms with E-state index in [9.17, 15) is 8.42 Å². The average molecular weight is 404 g/mol. The van der Waals surface area contributed by atoms with Crippen molar-refractivity contribution < 1.29 is 17.9 Å². The van der Waals surface area contributed by atoms with E-state index in [1.165, 1.54) is 25.9 Å². The van der Waals surface area contributed by atoms with Crippen molar-refractivity contribution in [3.8, 4) is 5.75 Å². The highest BCUT2D eigenvalue weighted by Gasteiger charge is 2.42. The Morgan fingerprint density at radius 3 is 2.75 bits per heavy atom. The number of sulfone groups is 1. The second kappa shape index (κ2) is 8.29. The number of allylic oxidation sites excluding steroid dienone is 2. The molecular formula is C22H29NO4S. The molecule has 1 unspecified atom stereocenters. The van der Waals surface area contributed by atoms with Gasteiger partial charge in [-0.2, -0.15) is 0 Å². The van der Waals surface area contributed by atoms with E-state index in [0.717, 1.165) is 31.8 Å². The van der Waals surface area contributed by atoms with E-state index in [1.807, 2.05) is 18.2 Å². The van der Waals surface area contributed by atoms with Gasteiger partial charge in [-0.25, -0.2) is 8.42 Å². The van der Waals surface area contributed by atoms with Crippen LogP contribution >= 0.6 is 0 Å². The number of ether oxygens (including phenoxy) is 2. The highest BCUT2D eigenvalue weighted by atomic mass is 32.2. The lowest BCUT2D eigenvalue weighted by Gasteiger charge is -2.35. The number of likely N-dealkylation sites (tertiary alicyclic amines) is 1. The first-order chi connectivity index (χ1) is 13.6. The minimum absolute atomic E-state index is 0.0232. The zero-order chi connectivity index (χ0) is 19.6. The molecule has 152 valence electrons. The van der Waals surface area contributed by atoms with E-state index in [1.54, 1.807) is 25.1 Å². The lowest BCUT2D eigenvalue weighted by atomic mass is 9.92. The third-order valence-corrected chi connectivity index (χ3v) is 8.18. The van der Waals surface area contributed by atoms with Gasteiger partial charge in [0.05, 0.1) is 6.61 Å². The highest BCUT2D eigenvalue weighted by molar-refractivity contribution is 7.92. The number of benzene rings is 1. The third-order valence-electron chi connectivity index (χ3n) is 5.98. The van der Waals surface area contributed by atoms with Crippen molar-refractivity contribution in [1.29, 1.82) is 0 Å². The van der Waals surface area contributed by atoms with Crippen LogP contribution in [0.1, 0.15) is 32.6 Å². The Kier molecular flexibility index (Phi) is 5.78. The maximum Gasteiger partial charge on any atom is 0.188 e. The number of hydrogen-bond donors (Lipinski definition) is 0. The van der Waals surface area contributed by atoms with Gasteiger partial charge in [-0.1, -0.05) is 18.2 Å². The largest absolute Gasteiger partial charge is 0.494 e. The smallest absolute Gasteiger partial charge is 0.188 e. The van der Waals surface area contributed by atoms with E-state index in [2.05, 4.69) is 11.0 Å². The summed E-state index contributed by atoms with van der Waals surface area (Å²) in [5.74, 6) is 1.37. The standard InChI is InChI=1S/C22H29NO4S/c1-17-22(27-20-7-2-3-8-21(20)28(17,24)25)18-9-11-19(12-10-18)26-16-6-15-23-13-4-5-14-23/h2-3,7-9,11-12,17-18,22H,4-6,10,13-16H2,1H3/t17-,18?,22+/m0/s1. The van der Waals surface area contributed by atoms with Crippen molar-refractivity contribution >= 4 is 9.84 Å². The van der Waals surface area contributed by atoms with Crippen molar-refractivity contribution in [2.75, 3.05) is 26.2 Å². The number of para-hydroxylation sites is 1. The van der Waals surface area contributed by atoms with Crippen molar-refractivity contribution in [3.63, 3.8) is 0 Å². The molecule has 0 N–H and O–H groups in total. The first kappa shape index (κ1) is 19.5.